The monoisotopic (exact) mass is 377 g/mol. The van der Waals surface area contributed by atoms with Gasteiger partial charge in [-0.05, 0) is 49.9 Å². The largest absolute Gasteiger partial charge is 0.326 e. The van der Waals surface area contributed by atoms with E-state index in [1.165, 1.54) is 11.3 Å². The van der Waals surface area contributed by atoms with E-state index in [0.717, 1.165) is 28.8 Å². The first-order chi connectivity index (χ1) is 10.9. The van der Waals surface area contributed by atoms with E-state index in [1.54, 1.807) is 0 Å². The molecule has 1 aromatic carbocycles. The van der Waals surface area contributed by atoms with Crippen molar-refractivity contribution in [2.45, 2.75) is 47.1 Å². The van der Waals surface area contributed by atoms with Crippen molar-refractivity contribution in [3.63, 3.8) is 0 Å². The Morgan fingerprint density at radius 3 is 2.74 bits per heavy atom. The average molecular weight is 378 g/mol. The summed E-state index contributed by atoms with van der Waals surface area (Å²) in [5, 5.41) is 7.54. The first-order valence-electron chi connectivity index (χ1n) is 7.95. The number of anilines is 1. The van der Waals surface area contributed by atoms with Gasteiger partial charge in [-0.3, -0.25) is 9.48 Å². The lowest BCUT2D eigenvalue weighted by molar-refractivity contribution is -0.116. The summed E-state index contributed by atoms with van der Waals surface area (Å²) in [6.45, 7) is 9.38. The number of hydrogen-bond donors (Lipinski definition) is 1. The van der Waals surface area contributed by atoms with Gasteiger partial charge < -0.3 is 5.32 Å². The zero-order chi connectivity index (χ0) is 17.0. The molecule has 0 fully saturated rings. The highest BCUT2D eigenvalue weighted by molar-refractivity contribution is 9.10. The van der Waals surface area contributed by atoms with Gasteiger partial charge in [0.25, 0.3) is 0 Å². The third-order valence-electron chi connectivity index (χ3n) is 3.78. The normalized spacial score (nSPS) is 11.0. The van der Waals surface area contributed by atoms with E-state index in [9.17, 15) is 4.79 Å². The van der Waals surface area contributed by atoms with E-state index < -0.39 is 0 Å². The minimum Gasteiger partial charge on any atom is -0.326 e. The summed E-state index contributed by atoms with van der Waals surface area (Å²) in [4.78, 5) is 12.2. The molecule has 0 unspecified atom stereocenters. The summed E-state index contributed by atoms with van der Waals surface area (Å²) in [7, 11) is 0. The van der Waals surface area contributed by atoms with Crippen LogP contribution in [0.1, 0.15) is 37.2 Å². The molecule has 1 aromatic heterocycles. The first kappa shape index (κ1) is 17.7. The van der Waals surface area contributed by atoms with Crippen molar-refractivity contribution in [2.24, 2.45) is 5.92 Å². The topological polar surface area (TPSA) is 46.9 Å². The fourth-order valence-electron chi connectivity index (χ4n) is 2.65. The Labute approximate surface area is 146 Å². The van der Waals surface area contributed by atoms with E-state index >= 15 is 0 Å². The Kier molecular flexibility index (Phi) is 5.99. The standard InChI is InChI=1S/C18H24BrN3O/c1-12(2)11-22-14(4)17(13(3)21-22)8-9-18(23)20-16-7-5-6-15(19)10-16/h5-7,10,12H,8-9,11H2,1-4H3,(H,20,23). The second-order valence-corrected chi connectivity index (χ2v) is 7.20. The molecule has 0 aliphatic carbocycles. The number of amides is 1. The zero-order valence-electron chi connectivity index (χ0n) is 14.2. The van der Waals surface area contributed by atoms with E-state index in [2.05, 4.69) is 51.8 Å². The van der Waals surface area contributed by atoms with Gasteiger partial charge >= 0.3 is 0 Å². The molecular weight excluding hydrogens is 354 g/mol. The molecule has 2 aromatic rings. The van der Waals surface area contributed by atoms with Crippen molar-refractivity contribution in [3.8, 4) is 0 Å². The van der Waals surface area contributed by atoms with E-state index in [0.29, 0.717) is 12.3 Å². The lowest BCUT2D eigenvalue weighted by Gasteiger charge is -2.08. The predicted octanol–water partition coefficient (Wildman–Crippen LogP) is 4.49. The zero-order valence-corrected chi connectivity index (χ0v) is 15.8. The molecule has 0 atom stereocenters. The summed E-state index contributed by atoms with van der Waals surface area (Å²) in [6, 6.07) is 7.63. The van der Waals surface area contributed by atoms with Crippen LogP contribution < -0.4 is 5.32 Å². The Balaban J connectivity index is 1.98. The molecule has 0 bridgehead atoms. The van der Waals surface area contributed by atoms with Gasteiger partial charge in [0.2, 0.25) is 5.91 Å². The summed E-state index contributed by atoms with van der Waals surface area (Å²) in [6.07, 6.45) is 1.18. The fourth-order valence-corrected chi connectivity index (χ4v) is 3.05. The highest BCUT2D eigenvalue weighted by atomic mass is 79.9. The molecule has 1 heterocycles. The van der Waals surface area contributed by atoms with Gasteiger partial charge in [-0.15, -0.1) is 0 Å². The Hall–Kier alpha value is -1.62. The van der Waals surface area contributed by atoms with Crippen molar-refractivity contribution >= 4 is 27.5 Å². The molecule has 124 valence electrons. The lowest BCUT2D eigenvalue weighted by atomic mass is 10.1. The third-order valence-corrected chi connectivity index (χ3v) is 4.27. The molecule has 0 spiro atoms. The van der Waals surface area contributed by atoms with E-state index in [1.807, 2.05) is 31.2 Å². The van der Waals surface area contributed by atoms with Crippen LogP contribution in [-0.4, -0.2) is 15.7 Å². The van der Waals surface area contributed by atoms with Crippen LogP contribution in [0.15, 0.2) is 28.7 Å². The van der Waals surface area contributed by atoms with Crippen LogP contribution in [0.3, 0.4) is 0 Å². The van der Waals surface area contributed by atoms with Crippen molar-refractivity contribution in [1.82, 2.24) is 9.78 Å². The molecule has 0 aliphatic rings. The first-order valence-corrected chi connectivity index (χ1v) is 8.74. The van der Waals surface area contributed by atoms with Crippen LogP contribution in [0.2, 0.25) is 0 Å². The van der Waals surface area contributed by atoms with Crippen LogP contribution in [0, 0.1) is 19.8 Å². The van der Waals surface area contributed by atoms with Crippen LogP contribution in [0.5, 0.6) is 0 Å². The average Bonchev–Trinajstić information content (AvgIpc) is 2.70. The number of carbonyl (C=O) groups excluding carboxylic acids is 1. The quantitative estimate of drug-likeness (QED) is 0.805. The maximum atomic E-state index is 12.2. The molecule has 5 heteroatoms. The number of halogens is 1. The molecule has 23 heavy (non-hydrogen) atoms. The minimum absolute atomic E-state index is 0.0264. The SMILES string of the molecule is Cc1nn(CC(C)C)c(C)c1CCC(=O)Nc1cccc(Br)c1. The Morgan fingerprint density at radius 2 is 2.09 bits per heavy atom. The highest BCUT2D eigenvalue weighted by Crippen LogP contribution is 2.18. The summed E-state index contributed by atoms with van der Waals surface area (Å²) in [5.74, 6) is 0.583. The Morgan fingerprint density at radius 1 is 1.35 bits per heavy atom. The molecule has 0 saturated heterocycles. The molecule has 0 aliphatic heterocycles. The fraction of sp³-hybridized carbons (Fsp3) is 0.444. The summed E-state index contributed by atoms with van der Waals surface area (Å²) < 4.78 is 3.01. The number of benzene rings is 1. The number of aromatic nitrogens is 2. The number of rotatable bonds is 6. The van der Waals surface area contributed by atoms with Crippen molar-refractivity contribution in [2.75, 3.05) is 5.32 Å². The summed E-state index contributed by atoms with van der Waals surface area (Å²) >= 11 is 3.41. The number of aryl methyl sites for hydroxylation is 1. The maximum absolute atomic E-state index is 12.2. The molecule has 0 saturated carbocycles. The highest BCUT2D eigenvalue weighted by Gasteiger charge is 2.14. The molecule has 1 amide bonds. The van der Waals surface area contributed by atoms with Gasteiger partial charge in [0, 0.05) is 28.8 Å². The predicted molar refractivity (Wildman–Crippen MR) is 97.6 cm³/mol. The van der Waals surface area contributed by atoms with Crippen LogP contribution in [-0.2, 0) is 17.8 Å². The minimum atomic E-state index is 0.0264. The number of hydrogen-bond acceptors (Lipinski definition) is 2. The molecular formula is C18H24BrN3O. The molecule has 1 N–H and O–H groups in total. The van der Waals surface area contributed by atoms with E-state index in [-0.39, 0.29) is 5.91 Å². The van der Waals surface area contributed by atoms with Crippen LogP contribution in [0.4, 0.5) is 5.69 Å². The second-order valence-electron chi connectivity index (χ2n) is 6.28. The van der Waals surface area contributed by atoms with Crippen LogP contribution >= 0.6 is 15.9 Å². The van der Waals surface area contributed by atoms with Gasteiger partial charge in [0.15, 0.2) is 0 Å². The maximum Gasteiger partial charge on any atom is 0.224 e. The number of carbonyl (C=O) groups is 1. The van der Waals surface area contributed by atoms with Crippen molar-refractivity contribution in [1.29, 1.82) is 0 Å². The van der Waals surface area contributed by atoms with Gasteiger partial charge in [0.05, 0.1) is 5.69 Å². The molecule has 0 radical (unpaired) electrons. The lowest BCUT2D eigenvalue weighted by Crippen LogP contribution is -2.13. The number of nitrogens with one attached hydrogen (secondary N) is 1. The van der Waals surface area contributed by atoms with Gasteiger partial charge in [-0.1, -0.05) is 35.8 Å². The Bertz CT molecular complexity index is 692. The molecule has 4 nitrogen and oxygen atoms in total. The van der Waals surface area contributed by atoms with Gasteiger partial charge in [0.1, 0.15) is 0 Å². The third kappa shape index (κ3) is 4.93. The van der Waals surface area contributed by atoms with Crippen LogP contribution in [0.25, 0.3) is 0 Å². The van der Waals surface area contributed by atoms with Crippen molar-refractivity contribution in [3.05, 3.63) is 45.7 Å². The second kappa shape index (κ2) is 7.77. The van der Waals surface area contributed by atoms with Gasteiger partial charge in [-0.25, -0.2) is 0 Å². The van der Waals surface area contributed by atoms with Gasteiger partial charge in [-0.2, -0.15) is 5.10 Å². The number of nitrogens with zero attached hydrogens (tertiary/aromatic N) is 2. The summed E-state index contributed by atoms with van der Waals surface area (Å²) in [5.41, 5.74) is 4.20. The van der Waals surface area contributed by atoms with Crippen molar-refractivity contribution < 1.29 is 4.79 Å². The molecule has 2 rings (SSSR count). The van der Waals surface area contributed by atoms with E-state index in [4.69, 9.17) is 0 Å². The smallest absolute Gasteiger partial charge is 0.224 e.